The van der Waals surface area contributed by atoms with Crippen LogP contribution in [0, 0.1) is 6.92 Å². The van der Waals surface area contributed by atoms with Crippen molar-refractivity contribution >= 4 is 66.6 Å². The van der Waals surface area contributed by atoms with E-state index in [1.54, 1.807) is 40.9 Å². The number of amides is 1. The van der Waals surface area contributed by atoms with E-state index in [0.29, 0.717) is 31.4 Å². The number of ether oxygens (including phenoxy) is 1. The number of halogens is 1. The zero-order valence-corrected chi connectivity index (χ0v) is 23.1. The Morgan fingerprint density at radius 3 is 2.57 bits per heavy atom. The van der Waals surface area contributed by atoms with Gasteiger partial charge in [-0.25, -0.2) is 13.4 Å². The number of morpholine rings is 1. The molecule has 1 aliphatic heterocycles. The lowest BCUT2D eigenvalue weighted by molar-refractivity contribution is -0.118. The monoisotopic (exact) mass is 555 g/mol. The first-order valence-corrected chi connectivity index (χ1v) is 14.9. The number of aromatic nitrogens is 1. The number of carbonyl (C=O) groups is 1. The van der Waals surface area contributed by atoms with Crippen LogP contribution in [0.2, 0.25) is 0 Å². The fraction of sp³-hybridized carbons (Fsp3) is 0.417. The van der Waals surface area contributed by atoms with Crippen LogP contribution in [0.25, 0.3) is 10.2 Å². The van der Waals surface area contributed by atoms with Gasteiger partial charge in [0.25, 0.3) is 0 Å². The van der Waals surface area contributed by atoms with Gasteiger partial charge in [0, 0.05) is 37.5 Å². The van der Waals surface area contributed by atoms with E-state index in [2.05, 4.69) is 4.90 Å². The molecule has 0 atom stereocenters. The number of thioether (sulfide) groups is 1. The Bertz CT molecular complexity index is 1240. The molecule has 1 saturated heterocycles. The third-order valence-corrected chi connectivity index (χ3v) is 9.38. The topological polar surface area (TPSA) is 79.8 Å². The van der Waals surface area contributed by atoms with Gasteiger partial charge in [0.05, 0.1) is 34.1 Å². The average Bonchev–Trinajstić information content (AvgIpc) is 3.28. The first-order chi connectivity index (χ1) is 16.4. The van der Waals surface area contributed by atoms with Gasteiger partial charge in [0.2, 0.25) is 5.91 Å². The molecule has 4 rings (SSSR count). The third-order valence-electron chi connectivity index (χ3n) is 5.83. The van der Waals surface area contributed by atoms with E-state index in [-0.39, 0.29) is 35.4 Å². The molecule has 1 amide bonds. The van der Waals surface area contributed by atoms with E-state index in [0.717, 1.165) is 33.8 Å². The van der Waals surface area contributed by atoms with Crippen LogP contribution in [0.4, 0.5) is 5.13 Å². The molecule has 3 aromatic rings. The fourth-order valence-corrected chi connectivity index (χ4v) is 6.70. The highest BCUT2D eigenvalue weighted by Crippen LogP contribution is 2.34. The number of hydrogen-bond acceptors (Lipinski definition) is 8. The van der Waals surface area contributed by atoms with Gasteiger partial charge >= 0.3 is 0 Å². The normalized spacial score (nSPS) is 14.6. The van der Waals surface area contributed by atoms with Gasteiger partial charge in [-0.1, -0.05) is 35.1 Å². The lowest BCUT2D eigenvalue weighted by Gasteiger charge is -2.29. The minimum absolute atomic E-state index is 0. The zero-order valence-electron chi connectivity index (χ0n) is 19.8. The molecule has 1 aliphatic rings. The van der Waals surface area contributed by atoms with E-state index in [1.165, 1.54) is 11.3 Å². The van der Waals surface area contributed by atoms with Crippen molar-refractivity contribution in [1.82, 2.24) is 9.88 Å². The molecule has 0 aliphatic carbocycles. The third kappa shape index (κ3) is 6.96. The Morgan fingerprint density at radius 1 is 1.17 bits per heavy atom. The first-order valence-electron chi connectivity index (χ1n) is 11.2. The van der Waals surface area contributed by atoms with Crippen LogP contribution >= 0.6 is 35.5 Å². The van der Waals surface area contributed by atoms with Crippen LogP contribution in [-0.4, -0.2) is 75.6 Å². The SMILES string of the molecule is CSc1cccc2sc(N(CCN3CCOCC3)C(=O)CCS(=O)(=O)c3ccc(C)cc3)nc12.Cl. The molecule has 2 aromatic carbocycles. The zero-order chi connectivity index (χ0) is 24.1. The molecule has 7 nitrogen and oxygen atoms in total. The lowest BCUT2D eigenvalue weighted by atomic mass is 10.2. The van der Waals surface area contributed by atoms with Crippen LogP contribution in [0.1, 0.15) is 12.0 Å². The Kier molecular flexibility index (Phi) is 9.97. The number of carbonyl (C=O) groups excluding carboxylic acids is 1. The molecule has 0 spiro atoms. The maximum Gasteiger partial charge on any atom is 0.229 e. The standard InChI is InChI=1S/C24H29N3O4S3.ClH/c1-18-6-8-19(9-7-18)34(29,30)17-10-22(28)27(12-11-26-13-15-31-16-14-26)24-25-23-20(32-2)4-3-5-21(23)33-24;/h3-9H,10-17H2,1-2H3;1H. The van der Waals surface area contributed by atoms with Gasteiger partial charge in [-0.15, -0.1) is 24.2 Å². The summed E-state index contributed by atoms with van der Waals surface area (Å²) in [5, 5.41) is 0.613. The molecular formula is C24H30ClN3O4S3. The second-order valence-electron chi connectivity index (χ2n) is 8.18. The molecule has 2 heterocycles. The summed E-state index contributed by atoms with van der Waals surface area (Å²) in [7, 11) is -3.55. The minimum atomic E-state index is -3.55. The predicted molar refractivity (Wildman–Crippen MR) is 146 cm³/mol. The number of rotatable bonds is 9. The number of sulfone groups is 1. The van der Waals surface area contributed by atoms with E-state index in [4.69, 9.17) is 9.72 Å². The van der Waals surface area contributed by atoms with Crippen molar-refractivity contribution < 1.29 is 17.9 Å². The second kappa shape index (κ2) is 12.5. The number of benzene rings is 2. The Balaban J connectivity index is 0.00000342. The summed E-state index contributed by atoms with van der Waals surface area (Å²) in [6, 6.07) is 12.8. The highest BCUT2D eigenvalue weighted by molar-refractivity contribution is 7.98. The summed E-state index contributed by atoms with van der Waals surface area (Å²) in [4.78, 5) is 23.4. The van der Waals surface area contributed by atoms with Crippen molar-refractivity contribution in [3.8, 4) is 0 Å². The van der Waals surface area contributed by atoms with Crippen molar-refractivity contribution in [1.29, 1.82) is 0 Å². The number of aryl methyl sites for hydroxylation is 1. The van der Waals surface area contributed by atoms with Gasteiger partial charge in [-0.3, -0.25) is 14.6 Å². The van der Waals surface area contributed by atoms with Crippen LogP contribution < -0.4 is 4.90 Å². The predicted octanol–water partition coefficient (Wildman–Crippen LogP) is 4.28. The molecule has 1 fully saturated rings. The molecule has 0 bridgehead atoms. The summed E-state index contributed by atoms with van der Waals surface area (Å²) in [6.45, 7) is 6.05. The summed E-state index contributed by atoms with van der Waals surface area (Å²) in [6.07, 6.45) is 1.91. The van der Waals surface area contributed by atoms with Crippen LogP contribution in [0.15, 0.2) is 52.3 Å². The number of fused-ring (bicyclic) bond motifs is 1. The van der Waals surface area contributed by atoms with Gasteiger partial charge in [0.15, 0.2) is 15.0 Å². The van der Waals surface area contributed by atoms with E-state index >= 15 is 0 Å². The van der Waals surface area contributed by atoms with Gasteiger partial charge in [0.1, 0.15) is 0 Å². The minimum Gasteiger partial charge on any atom is -0.379 e. The molecule has 35 heavy (non-hydrogen) atoms. The van der Waals surface area contributed by atoms with E-state index in [1.807, 2.05) is 31.4 Å². The Labute approximate surface area is 221 Å². The van der Waals surface area contributed by atoms with E-state index < -0.39 is 9.84 Å². The summed E-state index contributed by atoms with van der Waals surface area (Å²) in [5.74, 6) is -0.460. The largest absolute Gasteiger partial charge is 0.379 e. The Hall–Kier alpha value is -1.69. The second-order valence-corrected chi connectivity index (χ2v) is 12.2. The Morgan fingerprint density at radius 2 is 1.89 bits per heavy atom. The summed E-state index contributed by atoms with van der Waals surface area (Å²) >= 11 is 3.09. The van der Waals surface area contributed by atoms with E-state index in [9.17, 15) is 13.2 Å². The summed E-state index contributed by atoms with van der Waals surface area (Å²) < 4.78 is 32.1. The molecule has 190 valence electrons. The smallest absolute Gasteiger partial charge is 0.229 e. The lowest BCUT2D eigenvalue weighted by Crippen LogP contribution is -2.43. The molecule has 0 radical (unpaired) electrons. The molecular weight excluding hydrogens is 526 g/mol. The average molecular weight is 556 g/mol. The molecule has 0 N–H and O–H groups in total. The van der Waals surface area contributed by atoms with Gasteiger partial charge in [-0.05, 0) is 37.4 Å². The van der Waals surface area contributed by atoms with Gasteiger partial charge in [-0.2, -0.15) is 0 Å². The summed E-state index contributed by atoms with van der Waals surface area (Å²) in [5.41, 5.74) is 1.87. The fourth-order valence-electron chi connectivity index (χ4n) is 3.81. The number of para-hydroxylation sites is 1. The molecule has 11 heteroatoms. The number of anilines is 1. The number of nitrogens with zero attached hydrogens (tertiary/aromatic N) is 3. The molecule has 0 unspecified atom stereocenters. The van der Waals surface area contributed by atoms with Crippen molar-refractivity contribution in [2.24, 2.45) is 0 Å². The van der Waals surface area contributed by atoms with Crippen LogP contribution in [-0.2, 0) is 19.4 Å². The number of hydrogen-bond donors (Lipinski definition) is 0. The van der Waals surface area contributed by atoms with Crippen molar-refractivity contribution in [2.45, 2.75) is 23.1 Å². The highest BCUT2D eigenvalue weighted by atomic mass is 35.5. The maximum absolute atomic E-state index is 13.4. The van der Waals surface area contributed by atoms with Crippen molar-refractivity contribution in [2.75, 3.05) is 56.3 Å². The quantitative estimate of drug-likeness (QED) is 0.365. The van der Waals surface area contributed by atoms with Crippen molar-refractivity contribution in [3.63, 3.8) is 0 Å². The van der Waals surface area contributed by atoms with Crippen LogP contribution in [0.5, 0.6) is 0 Å². The van der Waals surface area contributed by atoms with Gasteiger partial charge < -0.3 is 4.74 Å². The van der Waals surface area contributed by atoms with Crippen molar-refractivity contribution in [3.05, 3.63) is 48.0 Å². The number of thiazole rings is 1. The van der Waals surface area contributed by atoms with Crippen LogP contribution in [0.3, 0.4) is 0 Å². The molecule has 0 saturated carbocycles. The molecule has 1 aromatic heterocycles. The highest BCUT2D eigenvalue weighted by Gasteiger charge is 2.24. The first kappa shape index (κ1) is 27.9. The maximum atomic E-state index is 13.4.